The number of carbonyl (C=O) groups is 1. The minimum Gasteiger partial charge on any atom is -0.380 e. The first-order valence-electron chi connectivity index (χ1n) is 6.31. The Morgan fingerprint density at radius 2 is 2.10 bits per heavy atom. The van der Waals surface area contributed by atoms with Gasteiger partial charge in [-0.1, -0.05) is 23.7 Å². The summed E-state index contributed by atoms with van der Waals surface area (Å²) in [6.45, 7) is 2.91. The van der Waals surface area contributed by atoms with Gasteiger partial charge in [0, 0.05) is 30.2 Å². The molecule has 4 nitrogen and oxygen atoms in total. The molecule has 2 aromatic rings. The second kappa shape index (κ2) is 7.26. The highest BCUT2D eigenvalue weighted by molar-refractivity contribution is 7.15. The first-order chi connectivity index (χ1) is 9.63. The zero-order valence-electron chi connectivity index (χ0n) is 11.1. The molecule has 0 atom stereocenters. The van der Waals surface area contributed by atoms with Gasteiger partial charge in [0.05, 0.1) is 6.54 Å². The number of anilines is 1. The van der Waals surface area contributed by atoms with E-state index >= 15 is 0 Å². The molecule has 1 aromatic carbocycles. The number of benzene rings is 1. The number of nitrogens with one attached hydrogen (secondary N) is 2. The van der Waals surface area contributed by atoms with Gasteiger partial charge < -0.3 is 10.6 Å². The van der Waals surface area contributed by atoms with Crippen molar-refractivity contribution >= 4 is 34.5 Å². The van der Waals surface area contributed by atoms with E-state index in [0.717, 1.165) is 23.5 Å². The lowest BCUT2D eigenvalue weighted by Gasteiger charge is -2.06. The number of hydrogen-bond donors (Lipinski definition) is 2. The maximum absolute atomic E-state index is 10.8. The second-order valence-electron chi connectivity index (χ2n) is 4.36. The SMILES string of the molecule is CC(=O)NCCc1ccc(NCc2cnc(Cl)s2)cc1. The van der Waals surface area contributed by atoms with E-state index < -0.39 is 0 Å². The quantitative estimate of drug-likeness (QED) is 0.862. The van der Waals surface area contributed by atoms with Gasteiger partial charge in [-0.3, -0.25) is 4.79 Å². The van der Waals surface area contributed by atoms with Crippen LogP contribution in [0.3, 0.4) is 0 Å². The Morgan fingerprint density at radius 1 is 1.35 bits per heavy atom. The van der Waals surface area contributed by atoms with Crippen molar-refractivity contribution in [3.63, 3.8) is 0 Å². The minimum absolute atomic E-state index is 0.00602. The Labute approximate surface area is 127 Å². The molecule has 2 N–H and O–H groups in total. The lowest BCUT2D eigenvalue weighted by molar-refractivity contribution is -0.118. The van der Waals surface area contributed by atoms with Crippen LogP contribution in [0.4, 0.5) is 5.69 Å². The van der Waals surface area contributed by atoms with Crippen LogP contribution in [0, 0.1) is 0 Å². The van der Waals surface area contributed by atoms with Crippen LogP contribution in [0.2, 0.25) is 4.47 Å². The van der Waals surface area contributed by atoms with Gasteiger partial charge in [0.25, 0.3) is 0 Å². The third-order valence-electron chi connectivity index (χ3n) is 2.73. The van der Waals surface area contributed by atoms with E-state index in [0.29, 0.717) is 11.0 Å². The van der Waals surface area contributed by atoms with Gasteiger partial charge in [-0.25, -0.2) is 4.98 Å². The lowest BCUT2D eigenvalue weighted by atomic mass is 10.1. The van der Waals surface area contributed by atoms with E-state index in [1.165, 1.54) is 23.8 Å². The molecule has 0 unspecified atom stereocenters. The van der Waals surface area contributed by atoms with Crippen LogP contribution in [0.25, 0.3) is 0 Å². The van der Waals surface area contributed by atoms with Gasteiger partial charge in [0.2, 0.25) is 5.91 Å². The topological polar surface area (TPSA) is 54.0 Å². The monoisotopic (exact) mass is 309 g/mol. The van der Waals surface area contributed by atoms with Crippen molar-refractivity contribution in [3.05, 3.63) is 45.4 Å². The Bertz CT molecular complexity index is 568. The van der Waals surface area contributed by atoms with Crippen molar-refractivity contribution in [2.75, 3.05) is 11.9 Å². The summed E-state index contributed by atoms with van der Waals surface area (Å²) < 4.78 is 0.565. The molecule has 0 aliphatic rings. The predicted molar refractivity (Wildman–Crippen MR) is 83.3 cm³/mol. The first-order valence-corrected chi connectivity index (χ1v) is 7.50. The standard InChI is InChI=1S/C14H16ClN3OS/c1-10(19)16-7-6-11-2-4-12(5-3-11)17-8-13-9-18-14(15)20-13/h2-5,9,17H,6-8H2,1H3,(H,16,19). The van der Waals surface area contributed by atoms with Crippen LogP contribution >= 0.6 is 22.9 Å². The summed E-state index contributed by atoms with van der Waals surface area (Å²) in [7, 11) is 0. The first kappa shape index (κ1) is 14.8. The van der Waals surface area contributed by atoms with E-state index in [1.54, 1.807) is 6.20 Å². The third kappa shape index (κ3) is 4.83. The average Bonchev–Trinajstić information content (AvgIpc) is 2.83. The maximum atomic E-state index is 10.8. The number of rotatable bonds is 6. The molecule has 0 radical (unpaired) electrons. The average molecular weight is 310 g/mol. The van der Waals surface area contributed by atoms with Crippen molar-refractivity contribution in [1.82, 2.24) is 10.3 Å². The number of thiazole rings is 1. The molecule has 1 aromatic heterocycles. The zero-order valence-corrected chi connectivity index (χ0v) is 12.7. The summed E-state index contributed by atoms with van der Waals surface area (Å²) in [6.07, 6.45) is 2.62. The molecule has 20 heavy (non-hydrogen) atoms. The zero-order chi connectivity index (χ0) is 14.4. The minimum atomic E-state index is 0.00602. The van der Waals surface area contributed by atoms with E-state index in [2.05, 4.69) is 27.8 Å². The van der Waals surface area contributed by atoms with Gasteiger partial charge in [-0.05, 0) is 24.1 Å². The molecule has 0 aliphatic carbocycles. The van der Waals surface area contributed by atoms with Crippen LogP contribution in [0.1, 0.15) is 17.4 Å². The second-order valence-corrected chi connectivity index (χ2v) is 6.06. The Morgan fingerprint density at radius 3 is 2.70 bits per heavy atom. The Balaban J connectivity index is 1.80. The van der Waals surface area contributed by atoms with E-state index in [-0.39, 0.29) is 5.91 Å². The summed E-state index contributed by atoms with van der Waals surface area (Å²) >= 11 is 7.26. The van der Waals surface area contributed by atoms with Crippen molar-refractivity contribution in [2.24, 2.45) is 0 Å². The predicted octanol–water partition coefficient (Wildman–Crippen LogP) is 3.09. The molecule has 1 heterocycles. The fourth-order valence-electron chi connectivity index (χ4n) is 1.73. The molecule has 0 saturated heterocycles. The van der Waals surface area contributed by atoms with Crippen molar-refractivity contribution in [2.45, 2.75) is 19.9 Å². The summed E-state index contributed by atoms with van der Waals surface area (Å²) in [5, 5.41) is 6.10. The summed E-state index contributed by atoms with van der Waals surface area (Å²) in [5.41, 5.74) is 2.25. The highest BCUT2D eigenvalue weighted by Crippen LogP contribution is 2.19. The smallest absolute Gasteiger partial charge is 0.216 e. The fraction of sp³-hybridized carbons (Fsp3) is 0.286. The fourth-order valence-corrected chi connectivity index (χ4v) is 2.64. The van der Waals surface area contributed by atoms with Crippen molar-refractivity contribution < 1.29 is 4.79 Å². The highest BCUT2D eigenvalue weighted by atomic mass is 35.5. The molecule has 0 bridgehead atoms. The summed E-state index contributed by atoms with van der Waals surface area (Å²) in [4.78, 5) is 15.9. The molecule has 2 rings (SSSR count). The van der Waals surface area contributed by atoms with Crippen molar-refractivity contribution in [1.29, 1.82) is 0 Å². The molecule has 6 heteroatoms. The number of amides is 1. The molecule has 0 saturated carbocycles. The van der Waals surface area contributed by atoms with E-state index in [4.69, 9.17) is 11.6 Å². The van der Waals surface area contributed by atoms with Gasteiger partial charge in [0.15, 0.2) is 4.47 Å². The van der Waals surface area contributed by atoms with Crippen LogP contribution in [-0.4, -0.2) is 17.4 Å². The Kier molecular flexibility index (Phi) is 5.38. The van der Waals surface area contributed by atoms with Gasteiger partial charge >= 0.3 is 0 Å². The normalized spacial score (nSPS) is 10.3. The number of aromatic nitrogens is 1. The Hall–Kier alpha value is -1.59. The number of halogens is 1. The molecular weight excluding hydrogens is 294 g/mol. The summed E-state index contributed by atoms with van der Waals surface area (Å²) in [5.74, 6) is 0.00602. The largest absolute Gasteiger partial charge is 0.380 e. The number of nitrogens with zero attached hydrogens (tertiary/aromatic N) is 1. The number of hydrogen-bond acceptors (Lipinski definition) is 4. The van der Waals surface area contributed by atoms with Gasteiger partial charge in [-0.15, -0.1) is 11.3 Å². The highest BCUT2D eigenvalue weighted by Gasteiger charge is 2.00. The van der Waals surface area contributed by atoms with Crippen LogP contribution in [-0.2, 0) is 17.8 Å². The van der Waals surface area contributed by atoms with E-state index in [9.17, 15) is 4.79 Å². The van der Waals surface area contributed by atoms with Gasteiger partial charge in [-0.2, -0.15) is 0 Å². The molecule has 0 fully saturated rings. The molecule has 0 aliphatic heterocycles. The van der Waals surface area contributed by atoms with Crippen molar-refractivity contribution in [3.8, 4) is 0 Å². The molecular formula is C14H16ClN3OS. The molecule has 0 spiro atoms. The summed E-state index contributed by atoms with van der Waals surface area (Å²) in [6, 6.07) is 8.19. The van der Waals surface area contributed by atoms with Gasteiger partial charge in [0.1, 0.15) is 0 Å². The number of carbonyl (C=O) groups excluding carboxylic acids is 1. The van der Waals surface area contributed by atoms with E-state index in [1.807, 2.05) is 12.1 Å². The van der Waals surface area contributed by atoms with Crippen LogP contribution in [0.15, 0.2) is 30.5 Å². The molecule has 106 valence electrons. The maximum Gasteiger partial charge on any atom is 0.216 e. The molecule has 1 amide bonds. The van der Waals surface area contributed by atoms with Crippen LogP contribution < -0.4 is 10.6 Å². The van der Waals surface area contributed by atoms with Crippen LogP contribution in [0.5, 0.6) is 0 Å². The third-order valence-corrected chi connectivity index (χ3v) is 3.85. The lowest BCUT2D eigenvalue weighted by Crippen LogP contribution is -2.22.